The minimum absolute atomic E-state index is 0.0126. The smallest absolute Gasteiger partial charge is 0.290 e. The Kier molecular flexibility index (Phi) is 5.57. The standard InChI is InChI=1S/C21H22N2O4/c1-13(15-7-5-4-6-8-15)22-21(25)20-18(14(2)24)19(23-27-20)16-9-11-17(26-3)12-10-16/h4-14,24H,1-3H3,(H,22,25). The summed E-state index contributed by atoms with van der Waals surface area (Å²) in [5, 5.41) is 17.1. The van der Waals surface area contributed by atoms with Crippen molar-refractivity contribution >= 4 is 5.91 Å². The highest BCUT2D eigenvalue weighted by Gasteiger charge is 2.27. The summed E-state index contributed by atoms with van der Waals surface area (Å²) in [7, 11) is 1.59. The molecule has 0 aliphatic carbocycles. The number of benzene rings is 2. The van der Waals surface area contributed by atoms with Gasteiger partial charge in [-0.25, -0.2) is 0 Å². The Balaban J connectivity index is 1.89. The first-order valence-electron chi connectivity index (χ1n) is 8.69. The Bertz CT molecular complexity index is 902. The summed E-state index contributed by atoms with van der Waals surface area (Å²) in [6.45, 7) is 3.47. The summed E-state index contributed by atoms with van der Waals surface area (Å²) < 4.78 is 10.5. The topological polar surface area (TPSA) is 84.6 Å². The lowest BCUT2D eigenvalue weighted by Gasteiger charge is -2.14. The Labute approximate surface area is 157 Å². The fraction of sp³-hybridized carbons (Fsp3) is 0.238. The number of hydrogen-bond donors (Lipinski definition) is 2. The first kappa shape index (κ1) is 18.7. The van der Waals surface area contributed by atoms with Crippen LogP contribution in [0.5, 0.6) is 5.75 Å². The zero-order chi connectivity index (χ0) is 19.4. The number of carbonyl (C=O) groups excluding carboxylic acids is 1. The van der Waals surface area contributed by atoms with E-state index in [2.05, 4.69) is 10.5 Å². The van der Waals surface area contributed by atoms with Crippen LogP contribution in [-0.2, 0) is 0 Å². The van der Waals surface area contributed by atoms with Gasteiger partial charge in [-0.2, -0.15) is 0 Å². The van der Waals surface area contributed by atoms with E-state index in [4.69, 9.17) is 9.26 Å². The van der Waals surface area contributed by atoms with E-state index < -0.39 is 12.0 Å². The van der Waals surface area contributed by atoms with Gasteiger partial charge in [0.05, 0.1) is 24.8 Å². The van der Waals surface area contributed by atoms with Crippen molar-refractivity contribution in [3.8, 4) is 17.0 Å². The van der Waals surface area contributed by atoms with Crippen molar-refractivity contribution in [2.45, 2.75) is 26.0 Å². The van der Waals surface area contributed by atoms with Gasteiger partial charge in [-0.05, 0) is 43.7 Å². The summed E-state index contributed by atoms with van der Waals surface area (Å²) >= 11 is 0. The molecule has 0 bridgehead atoms. The number of aliphatic hydroxyl groups excluding tert-OH is 1. The highest BCUT2D eigenvalue weighted by molar-refractivity contribution is 5.94. The average molecular weight is 366 g/mol. The molecular formula is C21H22N2O4. The first-order chi connectivity index (χ1) is 13.0. The third kappa shape index (κ3) is 4.01. The van der Waals surface area contributed by atoms with Gasteiger partial charge in [0.15, 0.2) is 0 Å². The number of nitrogens with one attached hydrogen (secondary N) is 1. The van der Waals surface area contributed by atoms with Crippen LogP contribution >= 0.6 is 0 Å². The third-order valence-corrected chi connectivity index (χ3v) is 4.36. The highest BCUT2D eigenvalue weighted by Crippen LogP contribution is 2.31. The molecule has 3 rings (SSSR count). The number of aromatic nitrogens is 1. The van der Waals surface area contributed by atoms with Crippen LogP contribution in [0.1, 0.15) is 47.7 Å². The van der Waals surface area contributed by atoms with Gasteiger partial charge in [-0.3, -0.25) is 4.79 Å². The van der Waals surface area contributed by atoms with Crippen molar-refractivity contribution < 1.29 is 19.2 Å². The van der Waals surface area contributed by atoms with Crippen LogP contribution in [-0.4, -0.2) is 23.3 Å². The number of methoxy groups -OCH3 is 1. The molecule has 0 spiro atoms. The fourth-order valence-corrected chi connectivity index (χ4v) is 2.89. The third-order valence-electron chi connectivity index (χ3n) is 4.36. The Hall–Kier alpha value is -3.12. The van der Waals surface area contributed by atoms with Crippen molar-refractivity contribution in [3.63, 3.8) is 0 Å². The van der Waals surface area contributed by atoms with Crippen molar-refractivity contribution in [1.29, 1.82) is 0 Å². The molecule has 0 saturated heterocycles. The molecule has 2 unspecified atom stereocenters. The van der Waals surface area contributed by atoms with Crippen molar-refractivity contribution in [2.75, 3.05) is 7.11 Å². The van der Waals surface area contributed by atoms with Gasteiger partial charge < -0.3 is 19.7 Å². The highest BCUT2D eigenvalue weighted by atomic mass is 16.5. The molecule has 0 aliphatic heterocycles. The zero-order valence-electron chi connectivity index (χ0n) is 15.5. The average Bonchev–Trinajstić information content (AvgIpc) is 3.14. The second kappa shape index (κ2) is 8.05. The van der Waals surface area contributed by atoms with Gasteiger partial charge in [0.1, 0.15) is 11.4 Å². The van der Waals surface area contributed by atoms with Gasteiger partial charge in [-0.15, -0.1) is 0 Å². The van der Waals surface area contributed by atoms with Gasteiger partial charge >= 0.3 is 0 Å². The van der Waals surface area contributed by atoms with Crippen molar-refractivity contribution in [1.82, 2.24) is 10.5 Å². The number of nitrogens with zero attached hydrogens (tertiary/aromatic N) is 1. The SMILES string of the molecule is COc1ccc(-c2noc(C(=O)NC(C)c3ccccc3)c2C(C)O)cc1. The number of aliphatic hydroxyl groups is 1. The monoisotopic (exact) mass is 366 g/mol. The molecule has 3 aromatic rings. The van der Waals surface area contributed by atoms with E-state index in [9.17, 15) is 9.90 Å². The van der Waals surface area contributed by atoms with Crippen LogP contribution in [0.2, 0.25) is 0 Å². The number of rotatable bonds is 6. The summed E-state index contributed by atoms with van der Waals surface area (Å²) in [4.78, 5) is 12.7. The minimum Gasteiger partial charge on any atom is -0.497 e. The van der Waals surface area contributed by atoms with Gasteiger partial charge in [0.25, 0.3) is 5.91 Å². The molecule has 0 fully saturated rings. The molecule has 1 amide bonds. The second-order valence-electron chi connectivity index (χ2n) is 6.28. The molecule has 2 atom stereocenters. The number of amides is 1. The summed E-state index contributed by atoms with van der Waals surface area (Å²) in [5.41, 5.74) is 2.49. The second-order valence-corrected chi connectivity index (χ2v) is 6.28. The minimum atomic E-state index is -0.916. The predicted octanol–water partition coefficient (Wildman–Crippen LogP) is 3.89. The summed E-state index contributed by atoms with van der Waals surface area (Å²) in [5.74, 6) is 0.295. The van der Waals surface area contributed by atoms with Crippen LogP contribution in [0.3, 0.4) is 0 Å². The Morgan fingerprint density at radius 3 is 2.37 bits per heavy atom. The zero-order valence-corrected chi connectivity index (χ0v) is 15.5. The van der Waals surface area contributed by atoms with Crippen LogP contribution in [0.15, 0.2) is 59.1 Å². The van der Waals surface area contributed by atoms with E-state index in [0.717, 1.165) is 11.1 Å². The molecule has 0 saturated carbocycles. The van der Waals surface area contributed by atoms with Gasteiger partial charge in [0, 0.05) is 5.56 Å². The summed E-state index contributed by atoms with van der Waals surface area (Å²) in [6.07, 6.45) is -0.916. The maximum absolute atomic E-state index is 12.7. The van der Waals surface area contributed by atoms with Crippen molar-refractivity contribution in [3.05, 3.63) is 71.5 Å². The van der Waals surface area contributed by atoms with E-state index in [1.54, 1.807) is 38.3 Å². The van der Waals surface area contributed by atoms with Crippen LogP contribution in [0.4, 0.5) is 0 Å². The molecule has 2 aromatic carbocycles. The molecule has 1 aromatic heterocycles. The molecule has 0 radical (unpaired) electrons. The normalized spacial score (nSPS) is 13.0. The van der Waals surface area contributed by atoms with E-state index in [1.807, 2.05) is 37.3 Å². The van der Waals surface area contributed by atoms with E-state index in [1.165, 1.54) is 0 Å². The molecule has 1 heterocycles. The van der Waals surface area contributed by atoms with Crippen molar-refractivity contribution in [2.24, 2.45) is 0 Å². The Morgan fingerprint density at radius 2 is 1.78 bits per heavy atom. The number of hydrogen-bond acceptors (Lipinski definition) is 5. The lowest BCUT2D eigenvalue weighted by atomic mass is 10.0. The molecule has 6 nitrogen and oxygen atoms in total. The molecule has 140 valence electrons. The van der Waals surface area contributed by atoms with E-state index >= 15 is 0 Å². The summed E-state index contributed by atoms with van der Waals surface area (Å²) in [6, 6.07) is 16.6. The fourth-order valence-electron chi connectivity index (χ4n) is 2.89. The Morgan fingerprint density at radius 1 is 1.11 bits per heavy atom. The molecule has 27 heavy (non-hydrogen) atoms. The number of ether oxygens (including phenoxy) is 1. The van der Waals surface area contributed by atoms with Crippen LogP contribution in [0.25, 0.3) is 11.3 Å². The number of carbonyl (C=O) groups is 1. The van der Waals surface area contributed by atoms with Gasteiger partial charge in [0.2, 0.25) is 5.76 Å². The molecule has 0 aliphatic rings. The molecule has 2 N–H and O–H groups in total. The predicted molar refractivity (Wildman–Crippen MR) is 101 cm³/mol. The van der Waals surface area contributed by atoms with Gasteiger partial charge in [-0.1, -0.05) is 35.5 Å². The quantitative estimate of drug-likeness (QED) is 0.691. The van der Waals surface area contributed by atoms with E-state index in [-0.39, 0.29) is 11.8 Å². The molecule has 6 heteroatoms. The maximum atomic E-state index is 12.7. The van der Waals surface area contributed by atoms with E-state index in [0.29, 0.717) is 17.0 Å². The maximum Gasteiger partial charge on any atom is 0.290 e. The van der Waals surface area contributed by atoms with Crippen LogP contribution < -0.4 is 10.1 Å². The lowest BCUT2D eigenvalue weighted by Crippen LogP contribution is -2.27. The van der Waals surface area contributed by atoms with Crippen LogP contribution in [0, 0.1) is 0 Å². The first-order valence-corrected chi connectivity index (χ1v) is 8.69. The molecular weight excluding hydrogens is 344 g/mol. The lowest BCUT2D eigenvalue weighted by molar-refractivity contribution is 0.0894. The largest absolute Gasteiger partial charge is 0.497 e.